The van der Waals surface area contributed by atoms with Crippen LogP contribution in [0.25, 0.3) is 0 Å². The highest BCUT2D eigenvalue weighted by Gasteiger charge is 2.26. The lowest BCUT2D eigenvalue weighted by Gasteiger charge is -2.26. The fourth-order valence-electron chi connectivity index (χ4n) is 1.90. The average Bonchev–Trinajstić information content (AvgIpc) is 2.42. The number of carbonyl (C=O) groups excluding carboxylic acids is 1. The van der Waals surface area contributed by atoms with Crippen molar-refractivity contribution in [1.29, 1.82) is 0 Å². The molecule has 0 bridgehead atoms. The maximum Gasteiger partial charge on any atom is 0.407 e. The maximum absolute atomic E-state index is 11.8. The molecule has 0 radical (unpaired) electrons. The van der Waals surface area contributed by atoms with E-state index in [2.05, 4.69) is 5.32 Å². The lowest BCUT2D eigenvalue weighted by molar-refractivity contribution is -0.138. The molecule has 6 heteroatoms. The van der Waals surface area contributed by atoms with E-state index in [0.717, 1.165) is 5.56 Å². The number of benzene rings is 1. The second-order valence-electron chi connectivity index (χ2n) is 6.35. The summed E-state index contributed by atoms with van der Waals surface area (Å²) in [4.78, 5) is 22.9. The van der Waals surface area contributed by atoms with Gasteiger partial charge in [0.15, 0.2) is 0 Å². The first kappa shape index (κ1) is 19.0. The van der Waals surface area contributed by atoms with Crippen molar-refractivity contribution >= 4 is 12.1 Å². The summed E-state index contributed by atoms with van der Waals surface area (Å²) < 4.78 is 10.9. The van der Waals surface area contributed by atoms with Crippen LogP contribution in [-0.2, 0) is 20.9 Å². The zero-order valence-electron chi connectivity index (χ0n) is 14.0. The average molecular weight is 323 g/mol. The number of amides is 1. The third-order valence-corrected chi connectivity index (χ3v) is 3.02. The van der Waals surface area contributed by atoms with Gasteiger partial charge in [-0.3, -0.25) is 4.79 Å². The number of hydrogen-bond acceptors (Lipinski definition) is 4. The maximum atomic E-state index is 11.8. The first-order valence-corrected chi connectivity index (χ1v) is 7.54. The third-order valence-electron chi connectivity index (χ3n) is 3.02. The van der Waals surface area contributed by atoms with Crippen molar-refractivity contribution in [3.05, 3.63) is 35.9 Å². The van der Waals surface area contributed by atoms with Crippen molar-refractivity contribution in [2.24, 2.45) is 0 Å². The molecule has 1 amide bonds. The van der Waals surface area contributed by atoms with Crippen LogP contribution in [0.15, 0.2) is 30.3 Å². The molecule has 1 rings (SSSR count). The van der Waals surface area contributed by atoms with E-state index >= 15 is 0 Å². The fourth-order valence-corrected chi connectivity index (χ4v) is 1.90. The summed E-state index contributed by atoms with van der Waals surface area (Å²) in [6.07, 6.45) is -1.37. The second kappa shape index (κ2) is 8.53. The molecule has 128 valence electrons. The normalized spacial score (nSPS) is 13.9. The molecule has 0 heterocycles. The Morgan fingerprint density at radius 1 is 1.22 bits per heavy atom. The Bertz CT molecular complexity index is 509. The molecule has 2 unspecified atom stereocenters. The van der Waals surface area contributed by atoms with Crippen LogP contribution < -0.4 is 5.32 Å². The van der Waals surface area contributed by atoms with E-state index in [1.807, 2.05) is 30.3 Å². The van der Waals surface area contributed by atoms with Crippen LogP contribution in [0.5, 0.6) is 0 Å². The monoisotopic (exact) mass is 323 g/mol. The summed E-state index contributed by atoms with van der Waals surface area (Å²) in [5.74, 6) is -1.01. The number of nitrogens with one attached hydrogen (secondary N) is 1. The smallest absolute Gasteiger partial charge is 0.407 e. The van der Waals surface area contributed by atoms with Gasteiger partial charge in [0.05, 0.1) is 25.2 Å². The fraction of sp³-hybridized carbons (Fsp3) is 0.529. The minimum Gasteiger partial charge on any atom is -0.481 e. The molecule has 2 atom stereocenters. The summed E-state index contributed by atoms with van der Waals surface area (Å²) in [7, 11) is 0. The third kappa shape index (κ3) is 8.21. The minimum absolute atomic E-state index is 0.241. The molecule has 23 heavy (non-hydrogen) atoms. The molecule has 0 aliphatic rings. The van der Waals surface area contributed by atoms with E-state index in [4.69, 9.17) is 14.6 Å². The molecule has 0 aliphatic carbocycles. The van der Waals surface area contributed by atoms with Crippen LogP contribution in [0.4, 0.5) is 4.79 Å². The van der Waals surface area contributed by atoms with Crippen molar-refractivity contribution in [3.8, 4) is 0 Å². The van der Waals surface area contributed by atoms with Gasteiger partial charge in [-0.2, -0.15) is 0 Å². The molecule has 0 fully saturated rings. The molecule has 1 aromatic rings. The summed E-state index contributed by atoms with van der Waals surface area (Å²) >= 11 is 0. The molecule has 6 nitrogen and oxygen atoms in total. The molecule has 0 aliphatic heterocycles. The molecule has 2 N–H and O–H groups in total. The van der Waals surface area contributed by atoms with Gasteiger partial charge in [0.25, 0.3) is 0 Å². The van der Waals surface area contributed by atoms with Gasteiger partial charge in [0.2, 0.25) is 0 Å². The number of carboxylic acids is 1. The summed E-state index contributed by atoms with van der Waals surface area (Å²) in [5.41, 5.74) is 0.331. The number of alkyl carbamates (subject to hydrolysis) is 1. The van der Waals surface area contributed by atoms with Crippen LogP contribution in [0, 0.1) is 0 Å². The van der Waals surface area contributed by atoms with Crippen molar-refractivity contribution < 1.29 is 24.2 Å². The summed E-state index contributed by atoms with van der Waals surface area (Å²) in [6, 6.07) is 8.87. The molecular weight excluding hydrogens is 298 g/mol. The molecule has 0 spiro atoms. The van der Waals surface area contributed by atoms with Crippen LogP contribution in [0.2, 0.25) is 0 Å². The van der Waals surface area contributed by atoms with Gasteiger partial charge in [-0.15, -0.1) is 0 Å². The number of carboxylic acid groups (broad SMARTS) is 1. The second-order valence-corrected chi connectivity index (χ2v) is 6.35. The lowest BCUT2D eigenvalue weighted by atomic mass is 10.1. The number of rotatable bonds is 7. The van der Waals surface area contributed by atoms with Crippen LogP contribution in [0.1, 0.15) is 39.7 Å². The van der Waals surface area contributed by atoms with E-state index in [0.29, 0.717) is 6.61 Å². The largest absolute Gasteiger partial charge is 0.481 e. The highest BCUT2D eigenvalue weighted by Crippen LogP contribution is 2.11. The van der Waals surface area contributed by atoms with Crippen molar-refractivity contribution in [2.75, 3.05) is 0 Å². The quantitative estimate of drug-likeness (QED) is 0.806. The van der Waals surface area contributed by atoms with E-state index in [1.54, 1.807) is 27.7 Å². The topological polar surface area (TPSA) is 84.9 Å². The SMILES string of the molecule is CC(OCc1ccccc1)C(CC(=O)O)NC(=O)OC(C)(C)C. The zero-order chi connectivity index (χ0) is 17.5. The van der Waals surface area contributed by atoms with Crippen molar-refractivity contribution in [2.45, 2.75) is 58.5 Å². The Balaban J connectivity index is 2.61. The van der Waals surface area contributed by atoms with E-state index < -0.39 is 29.8 Å². The zero-order valence-corrected chi connectivity index (χ0v) is 14.0. The minimum atomic E-state index is -1.01. The van der Waals surface area contributed by atoms with E-state index in [9.17, 15) is 9.59 Å². The van der Waals surface area contributed by atoms with Gasteiger partial charge in [-0.05, 0) is 33.3 Å². The Hall–Kier alpha value is -2.08. The highest BCUT2D eigenvalue weighted by atomic mass is 16.6. The number of ether oxygens (including phenoxy) is 2. The van der Waals surface area contributed by atoms with E-state index in [1.165, 1.54) is 0 Å². The summed E-state index contributed by atoms with van der Waals surface area (Å²) in [5, 5.41) is 11.6. The molecule has 0 saturated heterocycles. The molecular formula is C17H25NO5. The summed E-state index contributed by atoms with van der Waals surface area (Å²) in [6.45, 7) is 7.30. The first-order valence-electron chi connectivity index (χ1n) is 7.54. The van der Waals surface area contributed by atoms with Crippen LogP contribution in [0.3, 0.4) is 0 Å². The van der Waals surface area contributed by atoms with Gasteiger partial charge < -0.3 is 19.9 Å². The van der Waals surface area contributed by atoms with Gasteiger partial charge in [-0.1, -0.05) is 30.3 Å². The number of carbonyl (C=O) groups is 2. The van der Waals surface area contributed by atoms with E-state index in [-0.39, 0.29) is 6.42 Å². The molecule has 0 saturated carbocycles. The van der Waals surface area contributed by atoms with Crippen LogP contribution in [-0.4, -0.2) is 34.9 Å². The van der Waals surface area contributed by atoms with Gasteiger partial charge >= 0.3 is 12.1 Å². The lowest BCUT2D eigenvalue weighted by Crippen LogP contribution is -2.46. The first-order chi connectivity index (χ1) is 10.7. The standard InChI is InChI=1S/C17H25NO5/c1-12(22-11-13-8-6-5-7-9-13)14(10-15(19)20)18-16(21)23-17(2,3)4/h5-9,12,14H,10-11H2,1-4H3,(H,18,21)(H,19,20). The van der Waals surface area contributed by atoms with Crippen molar-refractivity contribution in [1.82, 2.24) is 5.32 Å². The molecule has 1 aromatic carbocycles. The van der Waals surface area contributed by atoms with Crippen molar-refractivity contribution in [3.63, 3.8) is 0 Å². The Kier molecular flexibility index (Phi) is 7.03. The van der Waals surface area contributed by atoms with Gasteiger partial charge in [0.1, 0.15) is 5.60 Å². The highest BCUT2D eigenvalue weighted by molar-refractivity contribution is 5.71. The number of hydrogen-bond donors (Lipinski definition) is 2. The predicted molar refractivity (Wildman–Crippen MR) is 86.1 cm³/mol. The molecule has 0 aromatic heterocycles. The Morgan fingerprint density at radius 3 is 2.35 bits per heavy atom. The Morgan fingerprint density at radius 2 is 1.83 bits per heavy atom. The number of aliphatic carboxylic acids is 1. The predicted octanol–water partition coefficient (Wildman–Crippen LogP) is 2.96. The Labute approximate surface area is 136 Å². The van der Waals surface area contributed by atoms with Gasteiger partial charge in [-0.25, -0.2) is 4.79 Å². The van der Waals surface area contributed by atoms with Gasteiger partial charge in [0, 0.05) is 0 Å². The van der Waals surface area contributed by atoms with Crippen LogP contribution >= 0.6 is 0 Å².